The number of piperazine rings is 1. The van der Waals surface area contributed by atoms with Crippen LogP contribution in [-0.4, -0.2) is 34.8 Å². The van der Waals surface area contributed by atoms with Crippen molar-refractivity contribution in [2.45, 2.75) is 64.5 Å². The summed E-state index contributed by atoms with van der Waals surface area (Å²) in [6, 6.07) is -0.273. The molecular formula is C14H24N2O2. The van der Waals surface area contributed by atoms with Crippen molar-refractivity contribution in [1.82, 2.24) is 10.2 Å². The van der Waals surface area contributed by atoms with Gasteiger partial charge in [0.1, 0.15) is 11.6 Å². The lowest BCUT2D eigenvalue weighted by Crippen LogP contribution is -2.68. The number of hydrogen-bond donors (Lipinski definition) is 1. The van der Waals surface area contributed by atoms with E-state index in [4.69, 9.17) is 0 Å². The molecule has 4 nitrogen and oxygen atoms in total. The summed E-state index contributed by atoms with van der Waals surface area (Å²) in [6.45, 7) is 6.26. The Morgan fingerprint density at radius 3 is 2.56 bits per heavy atom. The van der Waals surface area contributed by atoms with Crippen LogP contribution in [0.4, 0.5) is 0 Å². The van der Waals surface area contributed by atoms with E-state index in [2.05, 4.69) is 5.32 Å². The van der Waals surface area contributed by atoms with Crippen LogP contribution in [0.25, 0.3) is 0 Å². The monoisotopic (exact) mass is 252 g/mol. The molecule has 4 heteroatoms. The predicted molar refractivity (Wildman–Crippen MR) is 70.0 cm³/mol. The summed E-state index contributed by atoms with van der Waals surface area (Å²) in [5.41, 5.74) is -0.748. The maximum absolute atomic E-state index is 12.4. The Hall–Kier alpha value is -1.06. The van der Waals surface area contributed by atoms with Crippen LogP contribution in [0.5, 0.6) is 0 Å². The highest BCUT2D eigenvalue weighted by Gasteiger charge is 2.44. The van der Waals surface area contributed by atoms with Crippen LogP contribution < -0.4 is 5.32 Å². The zero-order chi connectivity index (χ0) is 13.3. The van der Waals surface area contributed by atoms with Crippen molar-refractivity contribution >= 4 is 11.8 Å². The molecule has 1 unspecified atom stereocenters. The third-order valence-corrected chi connectivity index (χ3v) is 4.01. The average molecular weight is 252 g/mol. The molecule has 2 amide bonds. The van der Waals surface area contributed by atoms with Crippen LogP contribution in [0, 0.1) is 5.92 Å². The fraction of sp³-hybridized carbons (Fsp3) is 0.857. The van der Waals surface area contributed by atoms with Crippen molar-refractivity contribution in [3.63, 3.8) is 0 Å². The maximum atomic E-state index is 12.4. The third-order valence-electron chi connectivity index (χ3n) is 4.01. The molecule has 1 saturated carbocycles. The molecule has 0 aromatic rings. The highest BCUT2D eigenvalue weighted by molar-refractivity contribution is 5.99. The van der Waals surface area contributed by atoms with Gasteiger partial charge in [0, 0.05) is 6.54 Å². The van der Waals surface area contributed by atoms with Crippen LogP contribution >= 0.6 is 0 Å². The van der Waals surface area contributed by atoms with Gasteiger partial charge in [-0.05, 0) is 39.0 Å². The van der Waals surface area contributed by atoms with Gasteiger partial charge in [0.2, 0.25) is 11.8 Å². The molecule has 18 heavy (non-hydrogen) atoms. The Kier molecular flexibility index (Phi) is 3.64. The molecule has 1 N–H and O–H groups in total. The minimum absolute atomic E-state index is 0.00600. The zero-order valence-electron chi connectivity index (χ0n) is 11.7. The van der Waals surface area contributed by atoms with Gasteiger partial charge in [-0.15, -0.1) is 0 Å². The third kappa shape index (κ3) is 2.68. The van der Waals surface area contributed by atoms with Crippen molar-refractivity contribution in [2.75, 3.05) is 6.54 Å². The van der Waals surface area contributed by atoms with E-state index in [0.717, 1.165) is 18.9 Å². The second-order valence-electron chi connectivity index (χ2n) is 6.12. The fourth-order valence-corrected chi connectivity index (χ4v) is 2.71. The first kappa shape index (κ1) is 13.4. The van der Waals surface area contributed by atoms with E-state index in [1.165, 1.54) is 19.3 Å². The highest BCUT2D eigenvalue weighted by Crippen LogP contribution is 2.33. The molecule has 102 valence electrons. The first-order valence-electron chi connectivity index (χ1n) is 7.09. The Bertz CT molecular complexity index is 348. The van der Waals surface area contributed by atoms with Gasteiger partial charge >= 0.3 is 0 Å². The molecule has 2 rings (SSSR count). The number of amides is 2. The van der Waals surface area contributed by atoms with E-state index in [9.17, 15) is 9.59 Å². The molecule has 1 aliphatic carbocycles. The Morgan fingerprint density at radius 2 is 2.00 bits per heavy atom. The van der Waals surface area contributed by atoms with Crippen LogP contribution in [-0.2, 0) is 9.59 Å². The molecule has 0 spiro atoms. The quantitative estimate of drug-likeness (QED) is 0.809. The molecule has 0 aromatic carbocycles. The van der Waals surface area contributed by atoms with Gasteiger partial charge < -0.3 is 10.2 Å². The first-order valence-corrected chi connectivity index (χ1v) is 7.09. The molecule has 1 aliphatic heterocycles. The number of rotatable bonds is 5. The van der Waals surface area contributed by atoms with Gasteiger partial charge in [-0.25, -0.2) is 0 Å². The lowest BCUT2D eigenvalue weighted by atomic mass is 9.95. The Labute approximate surface area is 109 Å². The van der Waals surface area contributed by atoms with Gasteiger partial charge in [-0.2, -0.15) is 0 Å². The number of carbonyl (C=O) groups excluding carboxylic acids is 2. The predicted octanol–water partition coefficient (Wildman–Crippen LogP) is 1.69. The first-order chi connectivity index (χ1) is 8.45. The summed E-state index contributed by atoms with van der Waals surface area (Å²) in [6.07, 6.45) is 5.60. The molecule has 0 aromatic heterocycles. The van der Waals surface area contributed by atoms with E-state index in [-0.39, 0.29) is 17.9 Å². The molecule has 2 aliphatic rings. The normalized spacial score (nSPS) is 27.3. The summed E-state index contributed by atoms with van der Waals surface area (Å²) < 4.78 is 0. The van der Waals surface area contributed by atoms with Gasteiger partial charge in [0.15, 0.2) is 0 Å². The standard InChI is InChI=1S/C14H24N2O2/c1-4-11-12(17)15-14(2,3)13(18)16(11)9-5-6-10-7-8-10/h10-11H,4-9H2,1-3H3,(H,15,17). The molecule has 1 heterocycles. The summed E-state index contributed by atoms with van der Waals surface area (Å²) in [5, 5.41) is 2.82. The number of nitrogens with one attached hydrogen (secondary N) is 1. The minimum Gasteiger partial charge on any atom is -0.340 e. The van der Waals surface area contributed by atoms with Crippen molar-refractivity contribution in [2.24, 2.45) is 5.92 Å². The largest absolute Gasteiger partial charge is 0.340 e. The van der Waals surface area contributed by atoms with Crippen LogP contribution in [0.1, 0.15) is 52.9 Å². The number of hydrogen-bond acceptors (Lipinski definition) is 2. The van der Waals surface area contributed by atoms with Crippen molar-refractivity contribution in [3.8, 4) is 0 Å². The maximum Gasteiger partial charge on any atom is 0.248 e. The van der Waals surface area contributed by atoms with Crippen molar-refractivity contribution in [3.05, 3.63) is 0 Å². The minimum atomic E-state index is -0.748. The molecular weight excluding hydrogens is 228 g/mol. The van der Waals surface area contributed by atoms with E-state index in [1.807, 2.05) is 6.92 Å². The molecule has 0 radical (unpaired) electrons. The summed E-state index contributed by atoms with van der Waals surface area (Å²) in [4.78, 5) is 26.2. The molecule has 0 bridgehead atoms. The van der Waals surface area contributed by atoms with Crippen molar-refractivity contribution < 1.29 is 9.59 Å². The Balaban J connectivity index is 2.00. The second-order valence-corrected chi connectivity index (χ2v) is 6.12. The van der Waals surface area contributed by atoms with Gasteiger partial charge in [0.25, 0.3) is 0 Å². The lowest BCUT2D eigenvalue weighted by molar-refractivity contribution is -0.153. The zero-order valence-corrected chi connectivity index (χ0v) is 11.7. The lowest BCUT2D eigenvalue weighted by Gasteiger charge is -2.42. The van der Waals surface area contributed by atoms with E-state index in [0.29, 0.717) is 6.42 Å². The van der Waals surface area contributed by atoms with Gasteiger partial charge in [-0.1, -0.05) is 19.8 Å². The van der Waals surface area contributed by atoms with Crippen molar-refractivity contribution in [1.29, 1.82) is 0 Å². The van der Waals surface area contributed by atoms with E-state index < -0.39 is 5.54 Å². The topological polar surface area (TPSA) is 49.4 Å². The average Bonchev–Trinajstić information content (AvgIpc) is 3.08. The molecule has 1 saturated heterocycles. The summed E-state index contributed by atoms with van der Waals surface area (Å²) in [7, 11) is 0. The Morgan fingerprint density at radius 1 is 1.33 bits per heavy atom. The van der Waals surface area contributed by atoms with E-state index >= 15 is 0 Å². The fourth-order valence-electron chi connectivity index (χ4n) is 2.71. The number of carbonyl (C=O) groups is 2. The van der Waals surface area contributed by atoms with Crippen LogP contribution in [0.3, 0.4) is 0 Å². The van der Waals surface area contributed by atoms with Gasteiger partial charge in [-0.3, -0.25) is 9.59 Å². The van der Waals surface area contributed by atoms with E-state index in [1.54, 1.807) is 18.7 Å². The smallest absolute Gasteiger partial charge is 0.248 e. The highest BCUT2D eigenvalue weighted by atomic mass is 16.2. The summed E-state index contributed by atoms with van der Waals surface area (Å²) in [5.74, 6) is 0.935. The molecule has 1 atom stereocenters. The summed E-state index contributed by atoms with van der Waals surface area (Å²) >= 11 is 0. The van der Waals surface area contributed by atoms with Crippen LogP contribution in [0.15, 0.2) is 0 Å². The second kappa shape index (κ2) is 4.90. The SMILES string of the molecule is CCC1C(=O)NC(C)(C)C(=O)N1CCCC1CC1. The molecule has 2 fully saturated rings. The van der Waals surface area contributed by atoms with Crippen LogP contribution in [0.2, 0.25) is 0 Å². The number of nitrogens with zero attached hydrogens (tertiary/aromatic N) is 1. The van der Waals surface area contributed by atoms with Gasteiger partial charge in [0.05, 0.1) is 0 Å².